The van der Waals surface area contributed by atoms with E-state index in [4.69, 9.17) is 5.73 Å². The normalized spacial score (nSPS) is 11.4. The van der Waals surface area contributed by atoms with Crippen LogP contribution in [0.25, 0.3) is 0 Å². The predicted molar refractivity (Wildman–Crippen MR) is 82.9 cm³/mol. The van der Waals surface area contributed by atoms with Gasteiger partial charge in [-0.1, -0.05) is 44.2 Å². The molecule has 0 aliphatic carbocycles. The summed E-state index contributed by atoms with van der Waals surface area (Å²) in [6.07, 6.45) is 5.01. The Balaban J connectivity index is 2.75. The van der Waals surface area contributed by atoms with Crippen LogP contribution in [0, 0.1) is 6.92 Å². The summed E-state index contributed by atoms with van der Waals surface area (Å²) in [6.45, 7) is 9.37. The predicted octanol–water partition coefficient (Wildman–Crippen LogP) is 3.45. The highest BCUT2D eigenvalue weighted by Gasteiger charge is 2.04. The number of rotatable bonds is 8. The van der Waals surface area contributed by atoms with Gasteiger partial charge in [-0.05, 0) is 30.9 Å². The fourth-order valence-electron chi connectivity index (χ4n) is 1.86. The Morgan fingerprint density at radius 1 is 1.42 bits per heavy atom. The molecule has 0 aliphatic rings. The van der Waals surface area contributed by atoms with Crippen LogP contribution in [-0.2, 0) is 6.54 Å². The van der Waals surface area contributed by atoms with Crippen LogP contribution >= 0.6 is 0 Å². The molecule has 104 valence electrons. The number of hydrogen-bond donors (Lipinski definition) is 1. The molecule has 0 radical (unpaired) electrons. The second-order valence-electron chi connectivity index (χ2n) is 4.68. The van der Waals surface area contributed by atoms with E-state index < -0.39 is 0 Å². The van der Waals surface area contributed by atoms with Gasteiger partial charge >= 0.3 is 0 Å². The SMILES string of the molecule is C=CN(Cc1ccccc1C)/N=C(/CN)CCCC. The minimum atomic E-state index is 0.512. The molecule has 1 rings (SSSR count). The van der Waals surface area contributed by atoms with Crippen molar-refractivity contribution in [3.05, 3.63) is 48.2 Å². The molecule has 0 amide bonds. The summed E-state index contributed by atoms with van der Waals surface area (Å²) in [6, 6.07) is 8.33. The monoisotopic (exact) mass is 259 g/mol. The van der Waals surface area contributed by atoms with Gasteiger partial charge in [0.15, 0.2) is 0 Å². The minimum absolute atomic E-state index is 0.512. The maximum Gasteiger partial charge on any atom is 0.0661 e. The van der Waals surface area contributed by atoms with Gasteiger partial charge in [-0.15, -0.1) is 0 Å². The largest absolute Gasteiger partial charge is 0.325 e. The molecule has 3 nitrogen and oxygen atoms in total. The molecular weight excluding hydrogens is 234 g/mol. The van der Waals surface area contributed by atoms with E-state index in [1.54, 1.807) is 6.20 Å². The first kappa shape index (κ1) is 15.4. The van der Waals surface area contributed by atoms with Gasteiger partial charge in [-0.25, -0.2) is 0 Å². The topological polar surface area (TPSA) is 41.6 Å². The molecule has 2 N–H and O–H groups in total. The van der Waals surface area contributed by atoms with E-state index in [-0.39, 0.29) is 0 Å². The molecule has 0 spiro atoms. The van der Waals surface area contributed by atoms with Gasteiger partial charge < -0.3 is 5.73 Å². The summed E-state index contributed by atoms with van der Waals surface area (Å²) in [4.78, 5) is 0. The summed E-state index contributed by atoms with van der Waals surface area (Å²) in [5.41, 5.74) is 9.32. The van der Waals surface area contributed by atoms with E-state index in [0.717, 1.165) is 31.5 Å². The van der Waals surface area contributed by atoms with Crippen molar-refractivity contribution < 1.29 is 0 Å². The van der Waals surface area contributed by atoms with Crippen LogP contribution in [0.5, 0.6) is 0 Å². The third kappa shape index (κ3) is 5.26. The number of hydrazone groups is 1. The highest BCUT2D eigenvalue weighted by atomic mass is 15.4. The summed E-state index contributed by atoms with van der Waals surface area (Å²) in [7, 11) is 0. The molecule has 0 atom stereocenters. The average Bonchev–Trinajstić information content (AvgIpc) is 2.44. The molecule has 1 aromatic carbocycles. The number of unbranched alkanes of at least 4 members (excludes halogenated alkanes) is 1. The molecule has 1 aromatic rings. The van der Waals surface area contributed by atoms with Crippen molar-refractivity contribution in [2.45, 2.75) is 39.7 Å². The number of nitrogens with two attached hydrogens (primary N) is 1. The standard InChI is InChI=1S/C16H25N3/c1-4-6-11-16(12-17)18-19(5-2)13-15-10-8-7-9-14(15)3/h5,7-10H,2,4,6,11-13,17H2,1,3H3/b18-16+. The first-order chi connectivity index (χ1) is 9.21. The lowest BCUT2D eigenvalue weighted by molar-refractivity contribution is 0.390. The van der Waals surface area contributed by atoms with E-state index in [9.17, 15) is 0 Å². The zero-order valence-corrected chi connectivity index (χ0v) is 12.1. The van der Waals surface area contributed by atoms with Crippen LogP contribution in [0.1, 0.15) is 37.3 Å². The Morgan fingerprint density at radius 2 is 2.16 bits per heavy atom. The quantitative estimate of drug-likeness (QED) is 0.574. The Bertz CT molecular complexity index is 424. The zero-order valence-electron chi connectivity index (χ0n) is 12.1. The molecule has 19 heavy (non-hydrogen) atoms. The van der Waals surface area contributed by atoms with E-state index >= 15 is 0 Å². The molecular formula is C16H25N3. The third-order valence-corrected chi connectivity index (χ3v) is 3.13. The fraction of sp³-hybridized carbons (Fsp3) is 0.438. The number of aryl methyl sites for hydroxylation is 1. The lowest BCUT2D eigenvalue weighted by Crippen LogP contribution is -2.19. The first-order valence-corrected chi connectivity index (χ1v) is 6.91. The fourth-order valence-corrected chi connectivity index (χ4v) is 1.86. The summed E-state index contributed by atoms with van der Waals surface area (Å²) < 4.78 is 0. The number of nitrogens with zero attached hydrogens (tertiary/aromatic N) is 2. The van der Waals surface area contributed by atoms with Crippen molar-refractivity contribution in [2.75, 3.05) is 6.54 Å². The molecule has 3 heteroatoms. The van der Waals surface area contributed by atoms with Crippen LogP contribution in [0.15, 0.2) is 42.1 Å². The van der Waals surface area contributed by atoms with Crippen LogP contribution in [-0.4, -0.2) is 17.3 Å². The lowest BCUT2D eigenvalue weighted by Gasteiger charge is -2.17. The van der Waals surface area contributed by atoms with Gasteiger partial charge in [0.05, 0.1) is 12.3 Å². The second kappa shape index (κ2) is 8.48. The molecule has 0 fully saturated rings. The van der Waals surface area contributed by atoms with Crippen molar-refractivity contribution in [1.29, 1.82) is 0 Å². The van der Waals surface area contributed by atoms with Crippen molar-refractivity contribution in [3.8, 4) is 0 Å². The molecule has 0 bridgehead atoms. The highest BCUT2D eigenvalue weighted by Crippen LogP contribution is 2.11. The van der Waals surface area contributed by atoms with Gasteiger partial charge in [0.25, 0.3) is 0 Å². The molecule has 0 saturated carbocycles. The van der Waals surface area contributed by atoms with Crippen molar-refractivity contribution in [1.82, 2.24) is 5.01 Å². The van der Waals surface area contributed by atoms with Crippen molar-refractivity contribution in [2.24, 2.45) is 10.8 Å². The number of hydrogen-bond acceptors (Lipinski definition) is 3. The maximum absolute atomic E-state index is 5.75. The number of benzene rings is 1. The first-order valence-electron chi connectivity index (χ1n) is 6.91. The molecule has 0 unspecified atom stereocenters. The Labute approximate surface area is 116 Å². The van der Waals surface area contributed by atoms with E-state index in [1.807, 2.05) is 17.1 Å². The second-order valence-corrected chi connectivity index (χ2v) is 4.68. The van der Waals surface area contributed by atoms with Gasteiger partial charge in [-0.3, -0.25) is 5.01 Å². The van der Waals surface area contributed by atoms with E-state index in [2.05, 4.69) is 37.7 Å². The van der Waals surface area contributed by atoms with Gasteiger partial charge in [-0.2, -0.15) is 5.10 Å². The smallest absolute Gasteiger partial charge is 0.0661 e. The van der Waals surface area contributed by atoms with Gasteiger partial charge in [0.1, 0.15) is 0 Å². The molecule has 0 aromatic heterocycles. The maximum atomic E-state index is 5.75. The van der Waals surface area contributed by atoms with Crippen molar-refractivity contribution >= 4 is 5.71 Å². The van der Waals surface area contributed by atoms with Crippen molar-refractivity contribution in [3.63, 3.8) is 0 Å². The third-order valence-electron chi connectivity index (χ3n) is 3.13. The summed E-state index contributed by atoms with van der Waals surface area (Å²) in [5, 5.41) is 6.47. The molecule has 0 aliphatic heterocycles. The van der Waals surface area contributed by atoms with Crippen LogP contribution < -0.4 is 5.73 Å². The zero-order chi connectivity index (χ0) is 14.1. The van der Waals surface area contributed by atoms with Gasteiger partial charge in [0, 0.05) is 12.7 Å². The van der Waals surface area contributed by atoms with Crippen LogP contribution in [0.3, 0.4) is 0 Å². The Hall–Kier alpha value is -1.61. The summed E-state index contributed by atoms with van der Waals surface area (Å²) >= 11 is 0. The molecule has 0 saturated heterocycles. The summed E-state index contributed by atoms with van der Waals surface area (Å²) in [5.74, 6) is 0. The van der Waals surface area contributed by atoms with Gasteiger partial charge in [0.2, 0.25) is 0 Å². The lowest BCUT2D eigenvalue weighted by atomic mass is 10.1. The van der Waals surface area contributed by atoms with Crippen LogP contribution in [0.2, 0.25) is 0 Å². The minimum Gasteiger partial charge on any atom is -0.325 e. The van der Waals surface area contributed by atoms with Crippen LogP contribution in [0.4, 0.5) is 0 Å². The van der Waals surface area contributed by atoms with E-state index in [1.165, 1.54) is 11.1 Å². The Morgan fingerprint density at radius 3 is 2.74 bits per heavy atom. The Kier molecular flexibility index (Phi) is 6.90. The van der Waals surface area contributed by atoms with E-state index in [0.29, 0.717) is 6.54 Å². The molecule has 0 heterocycles. The highest BCUT2D eigenvalue weighted by molar-refractivity contribution is 5.86. The average molecular weight is 259 g/mol.